The molecule has 0 aliphatic carbocycles. The van der Waals surface area contributed by atoms with Gasteiger partial charge >= 0.3 is 53.8 Å². The molecule has 0 saturated carbocycles. The van der Waals surface area contributed by atoms with E-state index < -0.39 is 82.4 Å². The SMILES string of the molecule is O=C(O)c1cc(OC(F)(F)C(F)(F)C(F)(F)C(F)(F)C(F)(F)C(F)(F)/C(F)=C(\F)C(F)(F)F)cc(C(=O)O)c1. The van der Waals surface area contributed by atoms with E-state index in [1.54, 1.807) is 0 Å². The van der Waals surface area contributed by atoms with Crippen molar-refractivity contribution < 1.29 is 99.2 Å². The fraction of sp³-hybridized carbons (Fsp3) is 0.412. The van der Waals surface area contributed by atoms with Crippen molar-refractivity contribution in [3.8, 4) is 5.75 Å². The molecule has 0 spiro atoms. The van der Waals surface area contributed by atoms with Gasteiger partial charge in [-0.25, -0.2) is 14.0 Å². The number of allylic oxidation sites excluding steroid dienone is 2. The summed E-state index contributed by atoms with van der Waals surface area (Å²) in [5, 5.41) is 17.4. The summed E-state index contributed by atoms with van der Waals surface area (Å²) in [6, 6.07) is -0.489. The number of halogens is 17. The molecule has 0 bridgehead atoms. The first kappa shape index (κ1) is 33.5. The third kappa shape index (κ3) is 5.36. The number of hydrogen-bond acceptors (Lipinski definition) is 3. The highest BCUT2D eigenvalue weighted by Crippen LogP contribution is 2.61. The lowest BCUT2D eigenvalue weighted by molar-refractivity contribution is -0.444. The molecular formula is C17H5F17O5. The van der Waals surface area contributed by atoms with Crippen LogP contribution < -0.4 is 4.74 Å². The number of alkyl halides is 15. The van der Waals surface area contributed by atoms with E-state index in [2.05, 4.69) is 4.74 Å². The smallest absolute Gasteiger partial charge is 0.471 e. The molecule has 0 amide bonds. The minimum atomic E-state index is -8.64. The van der Waals surface area contributed by atoms with Crippen LogP contribution in [0.3, 0.4) is 0 Å². The molecule has 0 fully saturated rings. The summed E-state index contributed by atoms with van der Waals surface area (Å²) in [5.41, 5.74) is -2.83. The van der Waals surface area contributed by atoms with Gasteiger partial charge in [-0.05, 0) is 18.2 Å². The monoisotopic (exact) mass is 612 g/mol. The van der Waals surface area contributed by atoms with Gasteiger partial charge in [0.15, 0.2) is 0 Å². The minimum absolute atomic E-state index is 0.126. The zero-order valence-corrected chi connectivity index (χ0v) is 17.3. The molecule has 39 heavy (non-hydrogen) atoms. The molecule has 0 saturated heterocycles. The quantitative estimate of drug-likeness (QED) is 0.280. The van der Waals surface area contributed by atoms with Crippen molar-refractivity contribution >= 4 is 11.9 Å². The molecule has 0 aromatic heterocycles. The Morgan fingerprint density at radius 3 is 1.26 bits per heavy atom. The predicted octanol–water partition coefficient (Wildman–Crippen LogP) is 6.94. The van der Waals surface area contributed by atoms with Crippen LogP contribution in [0.2, 0.25) is 0 Å². The largest absolute Gasteiger partial charge is 0.478 e. The third-order valence-corrected chi connectivity index (χ3v) is 4.31. The van der Waals surface area contributed by atoms with Gasteiger partial charge in [-0.3, -0.25) is 0 Å². The summed E-state index contributed by atoms with van der Waals surface area (Å²) in [6.45, 7) is 0. The Kier molecular flexibility index (Phi) is 8.26. The van der Waals surface area contributed by atoms with Crippen LogP contribution in [-0.2, 0) is 0 Å². The van der Waals surface area contributed by atoms with Gasteiger partial charge in [0.05, 0.1) is 11.1 Å². The van der Waals surface area contributed by atoms with Crippen molar-refractivity contribution in [2.45, 2.75) is 41.9 Å². The maximum absolute atomic E-state index is 13.9. The van der Waals surface area contributed by atoms with Gasteiger partial charge < -0.3 is 14.9 Å². The van der Waals surface area contributed by atoms with Crippen LogP contribution in [0.4, 0.5) is 74.6 Å². The number of carbonyl (C=O) groups is 2. The van der Waals surface area contributed by atoms with E-state index in [0.29, 0.717) is 0 Å². The van der Waals surface area contributed by atoms with E-state index in [1.165, 1.54) is 0 Å². The van der Waals surface area contributed by atoms with Crippen LogP contribution in [0.15, 0.2) is 29.9 Å². The van der Waals surface area contributed by atoms with Crippen molar-refractivity contribution in [2.75, 3.05) is 0 Å². The molecule has 1 aromatic carbocycles. The normalized spacial score (nSPS) is 15.1. The average molecular weight is 612 g/mol. The fourth-order valence-electron chi connectivity index (χ4n) is 2.29. The number of ether oxygens (including phenoxy) is 1. The van der Waals surface area contributed by atoms with Crippen LogP contribution in [-0.4, -0.2) is 64.0 Å². The summed E-state index contributed by atoms with van der Waals surface area (Å²) in [6.07, 6.45) is -14.3. The Labute approximate surface area is 201 Å². The minimum Gasteiger partial charge on any atom is -0.478 e. The van der Waals surface area contributed by atoms with Gasteiger partial charge in [-0.2, -0.15) is 70.2 Å². The van der Waals surface area contributed by atoms with E-state index in [-0.39, 0.29) is 18.2 Å². The molecule has 5 nitrogen and oxygen atoms in total. The standard InChI is InChI=1S/C17H5F17O5/c18-7(8(19)12(22,23)24)11(20,21)13(25,26)14(27,28)15(29,30)16(31,32)17(33,34)39-6-2-4(9(35)36)1-5(3-6)10(37)38/h1-3H,(H,35,36)(H,37,38)/b8-7+. The Bertz CT molecular complexity index is 1140. The van der Waals surface area contributed by atoms with Gasteiger partial charge in [0, 0.05) is 0 Å². The zero-order valence-electron chi connectivity index (χ0n) is 17.3. The van der Waals surface area contributed by atoms with Crippen LogP contribution >= 0.6 is 0 Å². The second-order valence-corrected chi connectivity index (χ2v) is 6.97. The second-order valence-electron chi connectivity index (χ2n) is 6.97. The van der Waals surface area contributed by atoms with Crippen LogP contribution in [0.25, 0.3) is 0 Å². The van der Waals surface area contributed by atoms with Crippen LogP contribution in [0.5, 0.6) is 5.75 Å². The first-order chi connectivity index (χ1) is 17.0. The molecule has 0 aliphatic heterocycles. The summed E-state index contributed by atoms with van der Waals surface area (Å²) in [7, 11) is 0. The first-order valence-electron chi connectivity index (χ1n) is 8.71. The number of carboxylic acids is 2. The van der Waals surface area contributed by atoms with Gasteiger partial charge in [0.25, 0.3) is 0 Å². The molecule has 1 aromatic rings. The number of rotatable bonds is 10. The lowest BCUT2D eigenvalue weighted by Crippen LogP contribution is -2.71. The number of hydrogen-bond donors (Lipinski definition) is 2. The Balaban J connectivity index is 3.71. The Hall–Kier alpha value is -3.49. The highest BCUT2D eigenvalue weighted by molar-refractivity contribution is 5.94. The molecule has 0 unspecified atom stereocenters. The number of benzene rings is 1. The topological polar surface area (TPSA) is 83.8 Å². The summed E-state index contributed by atoms with van der Waals surface area (Å²) in [5.74, 6) is -58.5. The van der Waals surface area contributed by atoms with E-state index in [9.17, 15) is 84.2 Å². The molecule has 2 N–H and O–H groups in total. The molecule has 222 valence electrons. The molecule has 0 heterocycles. The molecular weight excluding hydrogens is 607 g/mol. The fourth-order valence-corrected chi connectivity index (χ4v) is 2.29. The van der Waals surface area contributed by atoms with Crippen LogP contribution in [0.1, 0.15) is 20.7 Å². The summed E-state index contributed by atoms with van der Waals surface area (Å²) >= 11 is 0. The van der Waals surface area contributed by atoms with E-state index in [0.717, 1.165) is 0 Å². The van der Waals surface area contributed by atoms with Gasteiger partial charge in [-0.15, -0.1) is 0 Å². The van der Waals surface area contributed by atoms with Crippen molar-refractivity contribution in [3.05, 3.63) is 41.0 Å². The lowest BCUT2D eigenvalue weighted by Gasteiger charge is -2.40. The third-order valence-electron chi connectivity index (χ3n) is 4.31. The second kappa shape index (κ2) is 9.61. The summed E-state index contributed by atoms with van der Waals surface area (Å²) < 4.78 is 229. The first-order valence-corrected chi connectivity index (χ1v) is 8.71. The molecule has 0 radical (unpaired) electrons. The zero-order chi connectivity index (χ0) is 31.4. The van der Waals surface area contributed by atoms with E-state index in [1.807, 2.05) is 0 Å². The Morgan fingerprint density at radius 1 is 0.564 bits per heavy atom. The van der Waals surface area contributed by atoms with Gasteiger partial charge in [-0.1, -0.05) is 0 Å². The maximum Gasteiger partial charge on any atom is 0.471 e. The van der Waals surface area contributed by atoms with Gasteiger partial charge in [0.2, 0.25) is 11.7 Å². The highest BCUT2D eigenvalue weighted by Gasteiger charge is 2.92. The predicted molar refractivity (Wildman–Crippen MR) is 86.0 cm³/mol. The summed E-state index contributed by atoms with van der Waals surface area (Å²) in [4.78, 5) is 21.7. The number of aromatic carboxylic acids is 2. The molecule has 22 heteroatoms. The van der Waals surface area contributed by atoms with E-state index >= 15 is 0 Å². The van der Waals surface area contributed by atoms with Crippen molar-refractivity contribution in [1.82, 2.24) is 0 Å². The van der Waals surface area contributed by atoms with Crippen molar-refractivity contribution in [2.24, 2.45) is 0 Å². The van der Waals surface area contributed by atoms with Crippen LogP contribution in [0, 0.1) is 0 Å². The van der Waals surface area contributed by atoms with E-state index in [4.69, 9.17) is 10.2 Å². The Morgan fingerprint density at radius 2 is 0.923 bits per heavy atom. The lowest BCUT2D eigenvalue weighted by atomic mass is 9.93. The number of carboxylic acid groups (broad SMARTS) is 2. The molecule has 1 rings (SSSR count). The van der Waals surface area contributed by atoms with Gasteiger partial charge in [0.1, 0.15) is 5.75 Å². The van der Waals surface area contributed by atoms with Crippen molar-refractivity contribution in [1.29, 1.82) is 0 Å². The molecule has 0 atom stereocenters. The average Bonchev–Trinajstić information content (AvgIpc) is 2.75. The maximum atomic E-state index is 13.9. The van der Waals surface area contributed by atoms with Crippen molar-refractivity contribution in [3.63, 3.8) is 0 Å². The highest BCUT2D eigenvalue weighted by atomic mass is 19.4. The molecule has 0 aliphatic rings.